The Bertz CT molecular complexity index is 679. The molecule has 1 heterocycles. The molecule has 1 aromatic rings. The normalized spacial score (nSPS) is 23.1. The Labute approximate surface area is 169 Å². The van der Waals surface area contributed by atoms with E-state index >= 15 is 0 Å². The van der Waals surface area contributed by atoms with Gasteiger partial charge in [0.25, 0.3) is 0 Å². The minimum atomic E-state index is -0.452. The molecule has 0 saturated heterocycles. The first-order valence-electron chi connectivity index (χ1n) is 10.8. The molecule has 1 amide bonds. The molecule has 1 aliphatic heterocycles. The molecular weight excluding hydrogens is 350 g/mol. The summed E-state index contributed by atoms with van der Waals surface area (Å²) < 4.78 is 11.7. The monoisotopic (exact) mass is 385 g/mol. The zero-order valence-electron chi connectivity index (χ0n) is 17.9. The summed E-state index contributed by atoms with van der Waals surface area (Å²) in [5.41, 5.74) is 2.05. The summed E-state index contributed by atoms with van der Waals surface area (Å²) >= 11 is 0. The maximum Gasteiger partial charge on any atom is 0.410 e. The molecule has 1 aliphatic carbocycles. The lowest BCUT2D eigenvalue weighted by Gasteiger charge is -2.30. The molecule has 0 N–H and O–H groups in total. The molecule has 1 saturated carbocycles. The van der Waals surface area contributed by atoms with Crippen molar-refractivity contribution in [2.75, 3.05) is 13.1 Å². The maximum absolute atomic E-state index is 12.2. The second-order valence-electron chi connectivity index (χ2n) is 9.10. The van der Waals surface area contributed by atoms with Crippen LogP contribution < -0.4 is 4.74 Å². The summed E-state index contributed by atoms with van der Waals surface area (Å²) in [6.07, 6.45) is 9.34. The van der Waals surface area contributed by atoms with Gasteiger partial charge in [0, 0.05) is 13.1 Å². The van der Waals surface area contributed by atoms with Crippen LogP contribution in [0.4, 0.5) is 4.79 Å². The summed E-state index contributed by atoms with van der Waals surface area (Å²) in [6.45, 7) is 9.28. The van der Waals surface area contributed by atoms with Gasteiger partial charge in [0.15, 0.2) is 0 Å². The van der Waals surface area contributed by atoms with Crippen LogP contribution in [0.3, 0.4) is 0 Å². The number of ether oxygens (including phenoxy) is 2. The second kappa shape index (κ2) is 9.02. The van der Waals surface area contributed by atoms with E-state index in [0.29, 0.717) is 19.2 Å². The van der Waals surface area contributed by atoms with E-state index < -0.39 is 5.60 Å². The Balaban J connectivity index is 1.52. The highest BCUT2D eigenvalue weighted by atomic mass is 16.6. The fourth-order valence-corrected chi connectivity index (χ4v) is 4.02. The molecule has 2 aliphatic rings. The van der Waals surface area contributed by atoms with Gasteiger partial charge in [-0.1, -0.05) is 31.6 Å². The number of amides is 1. The summed E-state index contributed by atoms with van der Waals surface area (Å²) in [5, 5.41) is 0. The first-order chi connectivity index (χ1) is 13.3. The van der Waals surface area contributed by atoms with E-state index in [1.54, 1.807) is 4.90 Å². The average molecular weight is 386 g/mol. The van der Waals surface area contributed by atoms with Gasteiger partial charge in [0.05, 0.1) is 6.10 Å². The predicted octanol–water partition coefficient (Wildman–Crippen LogP) is 6.06. The first kappa shape index (κ1) is 20.8. The molecule has 3 rings (SSSR count). The van der Waals surface area contributed by atoms with E-state index in [1.165, 1.54) is 43.2 Å². The fourth-order valence-electron chi connectivity index (χ4n) is 4.02. The number of nitrogens with zero attached hydrogens (tertiary/aromatic N) is 1. The van der Waals surface area contributed by atoms with Crippen LogP contribution in [0.15, 0.2) is 30.3 Å². The van der Waals surface area contributed by atoms with Crippen molar-refractivity contribution in [3.63, 3.8) is 0 Å². The van der Waals surface area contributed by atoms with Gasteiger partial charge in [0.1, 0.15) is 11.4 Å². The van der Waals surface area contributed by atoms with Crippen LogP contribution in [0.25, 0.3) is 5.57 Å². The quantitative estimate of drug-likeness (QED) is 0.632. The summed E-state index contributed by atoms with van der Waals surface area (Å²) in [5.74, 6) is 1.86. The van der Waals surface area contributed by atoms with Crippen LogP contribution in [-0.4, -0.2) is 35.8 Å². The molecule has 0 atom stereocenters. The summed E-state index contributed by atoms with van der Waals surface area (Å²) in [7, 11) is 0. The Hall–Kier alpha value is -1.97. The zero-order valence-corrected chi connectivity index (χ0v) is 17.9. The van der Waals surface area contributed by atoms with Crippen molar-refractivity contribution in [2.45, 2.75) is 77.9 Å². The van der Waals surface area contributed by atoms with Crippen LogP contribution in [0.5, 0.6) is 5.75 Å². The maximum atomic E-state index is 12.2. The number of hydrogen-bond acceptors (Lipinski definition) is 3. The van der Waals surface area contributed by atoms with Crippen molar-refractivity contribution in [1.82, 2.24) is 4.90 Å². The van der Waals surface area contributed by atoms with E-state index in [1.807, 2.05) is 20.8 Å². The van der Waals surface area contributed by atoms with Crippen molar-refractivity contribution < 1.29 is 14.3 Å². The highest BCUT2D eigenvalue weighted by Crippen LogP contribution is 2.30. The zero-order chi connectivity index (χ0) is 20.1. The third kappa shape index (κ3) is 5.76. The van der Waals surface area contributed by atoms with Gasteiger partial charge in [-0.25, -0.2) is 4.79 Å². The van der Waals surface area contributed by atoms with Crippen molar-refractivity contribution in [3.8, 4) is 5.75 Å². The fraction of sp³-hybridized carbons (Fsp3) is 0.625. The second-order valence-corrected chi connectivity index (χ2v) is 9.10. The van der Waals surface area contributed by atoms with Gasteiger partial charge in [0.2, 0.25) is 0 Å². The van der Waals surface area contributed by atoms with E-state index in [-0.39, 0.29) is 6.09 Å². The van der Waals surface area contributed by atoms with E-state index in [2.05, 4.69) is 37.3 Å². The van der Waals surface area contributed by atoms with E-state index in [4.69, 9.17) is 9.47 Å². The largest absolute Gasteiger partial charge is 0.490 e. The molecule has 154 valence electrons. The van der Waals surface area contributed by atoms with Crippen LogP contribution in [0, 0.1) is 5.92 Å². The molecule has 0 radical (unpaired) electrons. The number of hydrogen-bond donors (Lipinski definition) is 0. The molecular formula is C24H35NO3. The molecule has 1 fully saturated rings. The molecule has 0 aromatic heterocycles. The molecule has 0 spiro atoms. The Morgan fingerprint density at radius 2 is 1.79 bits per heavy atom. The minimum absolute atomic E-state index is 0.232. The topological polar surface area (TPSA) is 38.8 Å². The van der Waals surface area contributed by atoms with Gasteiger partial charge >= 0.3 is 6.09 Å². The lowest BCUT2D eigenvalue weighted by molar-refractivity contribution is 0.0270. The molecule has 0 bridgehead atoms. The van der Waals surface area contributed by atoms with E-state index in [0.717, 1.165) is 18.1 Å². The smallest absolute Gasteiger partial charge is 0.410 e. The van der Waals surface area contributed by atoms with Crippen LogP contribution in [0.2, 0.25) is 0 Å². The Kier molecular flexibility index (Phi) is 6.69. The molecule has 28 heavy (non-hydrogen) atoms. The SMILES string of the molecule is CC[C@H]1CC[C@H](Oc2ccc(C3=CCN(C(=O)OC(C)(C)C)CC3)cc2)CC1. The van der Waals surface area contributed by atoms with Crippen LogP contribution in [-0.2, 0) is 4.74 Å². The standard InChI is InChI=1S/C24H35NO3/c1-5-18-6-10-21(11-7-18)27-22-12-8-19(9-13-22)20-14-16-25(17-15-20)23(26)28-24(2,3)4/h8-9,12-14,18,21H,5-7,10-11,15-17H2,1-4H3/t18-,21-. The third-order valence-electron chi connectivity index (χ3n) is 5.76. The van der Waals surface area contributed by atoms with Crippen LogP contribution >= 0.6 is 0 Å². The predicted molar refractivity (Wildman–Crippen MR) is 114 cm³/mol. The number of carbonyl (C=O) groups is 1. The Morgan fingerprint density at radius 1 is 1.11 bits per heavy atom. The summed E-state index contributed by atoms with van der Waals surface area (Å²) in [6, 6.07) is 8.45. The molecule has 4 nitrogen and oxygen atoms in total. The lowest BCUT2D eigenvalue weighted by Crippen LogP contribution is -2.39. The van der Waals surface area contributed by atoms with Gasteiger partial charge in [-0.3, -0.25) is 0 Å². The number of carbonyl (C=O) groups excluding carboxylic acids is 1. The van der Waals surface area contributed by atoms with Gasteiger partial charge in [-0.2, -0.15) is 0 Å². The van der Waals surface area contributed by atoms with Gasteiger partial charge < -0.3 is 14.4 Å². The molecule has 0 unspecified atom stereocenters. The van der Waals surface area contributed by atoms with Crippen molar-refractivity contribution >= 4 is 11.7 Å². The summed E-state index contributed by atoms with van der Waals surface area (Å²) in [4.78, 5) is 14.0. The lowest BCUT2D eigenvalue weighted by atomic mass is 9.86. The van der Waals surface area contributed by atoms with Crippen molar-refractivity contribution in [3.05, 3.63) is 35.9 Å². The number of benzene rings is 1. The third-order valence-corrected chi connectivity index (χ3v) is 5.76. The Morgan fingerprint density at radius 3 is 2.32 bits per heavy atom. The minimum Gasteiger partial charge on any atom is -0.490 e. The highest BCUT2D eigenvalue weighted by Gasteiger charge is 2.24. The van der Waals surface area contributed by atoms with Gasteiger partial charge in [-0.05, 0) is 82.1 Å². The van der Waals surface area contributed by atoms with Crippen LogP contribution in [0.1, 0.15) is 71.8 Å². The molecule has 4 heteroatoms. The first-order valence-corrected chi connectivity index (χ1v) is 10.8. The average Bonchev–Trinajstić information content (AvgIpc) is 2.68. The number of rotatable bonds is 4. The van der Waals surface area contributed by atoms with Crippen molar-refractivity contribution in [2.24, 2.45) is 5.92 Å². The molecule has 1 aromatic carbocycles. The van der Waals surface area contributed by atoms with Crippen molar-refractivity contribution in [1.29, 1.82) is 0 Å². The van der Waals surface area contributed by atoms with E-state index in [9.17, 15) is 4.79 Å². The highest BCUT2D eigenvalue weighted by molar-refractivity contribution is 5.72. The van der Waals surface area contributed by atoms with Gasteiger partial charge in [-0.15, -0.1) is 0 Å².